The van der Waals surface area contributed by atoms with Crippen LogP contribution in [-0.2, 0) is 0 Å². The summed E-state index contributed by atoms with van der Waals surface area (Å²) in [4.78, 5) is 14.0. The minimum Gasteiger partial charge on any atom is -0.411 e. The topological polar surface area (TPSA) is 75.6 Å². The van der Waals surface area contributed by atoms with Gasteiger partial charge in [-0.3, -0.25) is 4.98 Å². The monoisotopic (exact) mass is 363 g/mol. The lowest BCUT2D eigenvalue weighted by atomic mass is 10.4. The molecule has 0 radical (unpaired) electrons. The third-order valence-corrected chi connectivity index (χ3v) is 3.10. The summed E-state index contributed by atoms with van der Waals surface area (Å²) in [6.07, 6.45) is 3.75. The zero-order valence-corrected chi connectivity index (χ0v) is 13.0. The van der Waals surface area contributed by atoms with Crippen LogP contribution in [0.2, 0.25) is 20.5 Å². The van der Waals surface area contributed by atoms with Gasteiger partial charge in [0.15, 0.2) is 0 Å². The van der Waals surface area contributed by atoms with E-state index in [1.165, 1.54) is 18.6 Å². The van der Waals surface area contributed by atoms with E-state index in [0.717, 1.165) is 6.21 Å². The molecule has 0 atom stereocenters. The zero-order chi connectivity index (χ0) is 15.8. The van der Waals surface area contributed by atoms with Gasteiger partial charge in [-0.15, -0.1) is 0 Å². The maximum atomic E-state index is 8.17. The van der Waals surface area contributed by atoms with E-state index in [-0.39, 0.29) is 21.1 Å². The molecule has 0 saturated carbocycles. The molecule has 0 unspecified atom stereocenters. The largest absolute Gasteiger partial charge is 0.411 e. The molecule has 1 N–H and O–H groups in total. The summed E-state index contributed by atoms with van der Waals surface area (Å²) < 4.78 is 0. The average Bonchev–Trinajstić information content (AvgIpc) is 2.44. The fourth-order valence-corrected chi connectivity index (χ4v) is 1.87. The fraction of sp³-hybridized carbons (Fsp3) is 0. The van der Waals surface area contributed by atoms with Crippen LogP contribution in [0.3, 0.4) is 0 Å². The first-order chi connectivity index (χ1) is 10.0. The number of oxime groups is 1. The van der Waals surface area contributed by atoms with Crippen molar-refractivity contribution >= 4 is 58.3 Å². The van der Waals surface area contributed by atoms with E-state index >= 15 is 0 Å². The standard InChI is InChI=1S/C6H2Cl2N2.C5H3Cl2N3O/c1-9-5-4(7)2-3-10-6(5)8;6-4-3(1-10-11)5(7)9-2-8-4/h2-3H;1-2,11H/b;10-1+. The van der Waals surface area contributed by atoms with Gasteiger partial charge in [0.1, 0.15) is 21.8 Å². The van der Waals surface area contributed by atoms with Crippen LogP contribution in [0.1, 0.15) is 5.56 Å². The van der Waals surface area contributed by atoms with Crippen molar-refractivity contribution in [1.29, 1.82) is 0 Å². The summed E-state index contributed by atoms with van der Waals surface area (Å²) in [5.41, 5.74) is 0.518. The van der Waals surface area contributed by atoms with Crippen molar-refractivity contribution in [3.63, 3.8) is 0 Å². The van der Waals surface area contributed by atoms with Crippen molar-refractivity contribution in [1.82, 2.24) is 15.0 Å². The van der Waals surface area contributed by atoms with Crippen LogP contribution in [0, 0.1) is 6.57 Å². The summed E-state index contributed by atoms with van der Waals surface area (Å²) in [6, 6.07) is 1.53. The molecule has 10 heteroatoms. The van der Waals surface area contributed by atoms with E-state index in [1.807, 2.05) is 0 Å². The molecule has 108 valence electrons. The van der Waals surface area contributed by atoms with Crippen LogP contribution < -0.4 is 0 Å². The predicted octanol–water partition coefficient (Wildman–Crippen LogP) is 4.53. The SMILES string of the molecule is O/N=C/c1c(Cl)ncnc1Cl.[C-]#[N+]c1c(Cl)ccnc1Cl. The highest BCUT2D eigenvalue weighted by Gasteiger charge is 2.04. The number of pyridine rings is 1. The van der Waals surface area contributed by atoms with E-state index in [0.29, 0.717) is 10.6 Å². The maximum absolute atomic E-state index is 8.17. The third-order valence-electron chi connectivity index (χ3n) is 1.92. The van der Waals surface area contributed by atoms with E-state index in [9.17, 15) is 0 Å². The molecule has 0 aromatic carbocycles. The van der Waals surface area contributed by atoms with Gasteiger partial charge in [0.2, 0.25) is 5.69 Å². The van der Waals surface area contributed by atoms with Gasteiger partial charge in [0.25, 0.3) is 0 Å². The zero-order valence-electron chi connectivity index (χ0n) is 10.0. The number of nitrogens with zero attached hydrogens (tertiary/aromatic N) is 5. The fourth-order valence-electron chi connectivity index (χ4n) is 1.03. The molecule has 2 aromatic rings. The Morgan fingerprint density at radius 2 is 1.71 bits per heavy atom. The quantitative estimate of drug-likeness (QED) is 0.201. The summed E-state index contributed by atoms with van der Waals surface area (Å²) in [6.45, 7) is 6.64. The lowest BCUT2D eigenvalue weighted by Gasteiger charge is -1.95. The van der Waals surface area contributed by atoms with Gasteiger partial charge in [-0.1, -0.05) is 51.6 Å². The minimum atomic E-state index is 0.155. The van der Waals surface area contributed by atoms with Gasteiger partial charge >= 0.3 is 0 Å². The Kier molecular flexibility index (Phi) is 7.12. The van der Waals surface area contributed by atoms with Crippen LogP contribution in [-0.4, -0.2) is 26.4 Å². The molecule has 0 fully saturated rings. The number of rotatable bonds is 1. The Morgan fingerprint density at radius 1 is 1.10 bits per heavy atom. The molecule has 0 aliphatic rings. The van der Waals surface area contributed by atoms with Crippen LogP contribution in [0.25, 0.3) is 4.85 Å². The second-order valence-electron chi connectivity index (χ2n) is 3.16. The second kappa shape index (κ2) is 8.60. The van der Waals surface area contributed by atoms with Crippen LogP contribution in [0.15, 0.2) is 23.7 Å². The van der Waals surface area contributed by atoms with Crippen LogP contribution in [0.5, 0.6) is 0 Å². The van der Waals surface area contributed by atoms with E-state index in [4.69, 9.17) is 58.2 Å². The van der Waals surface area contributed by atoms with Gasteiger partial charge in [-0.05, 0) is 6.07 Å². The first-order valence-corrected chi connectivity index (χ1v) is 6.53. The normalized spacial score (nSPS) is 9.86. The molecule has 0 amide bonds. The second-order valence-corrected chi connectivity index (χ2v) is 4.64. The lowest BCUT2D eigenvalue weighted by Crippen LogP contribution is -1.90. The van der Waals surface area contributed by atoms with Crippen LogP contribution >= 0.6 is 46.4 Å². The Morgan fingerprint density at radius 3 is 2.14 bits per heavy atom. The smallest absolute Gasteiger partial charge is 0.241 e. The van der Waals surface area contributed by atoms with Crippen molar-refractivity contribution in [3.05, 3.63) is 56.1 Å². The number of aromatic nitrogens is 3. The van der Waals surface area contributed by atoms with Gasteiger partial charge in [0.05, 0.1) is 23.4 Å². The molecule has 6 nitrogen and oxygen atoms in total. The summed E-state index contributed by atoms with van der Waals surface area (Å²) in [5.74, 6) is 0. The first-order valence-electron chi connectivity index (χ1n) is 5.02. The number of halogens is 4. The van der Waals surface area contributed by atoms with Crippen molar-refractivity contribution in [2.75, 3.05) is 0 Å². The average molecular weight is 365 g/mol. The van der Waals surface area contributed by atoms with Gasteiger partial charge in [-0.25, -0.2) is 14.8 Å². The van der Waals surface area contributed by atoms with Crippen molar-refractivity contribution in [3.8, 4) is 0 Å². The lowest BCUT2D eigenvalue weighted by molar-refractivity contribution is 0.322. The highest BCUT2D eigenvalue weighted by molar-refractivity contribution is 6.38. The molecule has 2 aromatic heterocycles. The molecule has 2 rings (SSSR count). The summed E-state index contributed by atoms with van der Waals surface area (Å²) in [7, 11) is 0. The van der Waals surface area contributed by atoms with Crippen LogP contribution in [0.4, 0.5) is 5.69 Å². The highest BCUT2D eigenvalue weighted by Crippen LogP contribution is 2.30. The van der Waals surface area contributed by atoms with Crippen molar-refractivity contribution < 1.29 is 5.21 Å². The van der Waals surface area contributed by atoms with E-state index in [1.54, 1.807) is 0 Å². The van der Waals surface area contributed by atoms with E-state index < -0.39 is 0 Å². The third kappa shape index (κ3) is 4.99. The van der Waals surface area contributed by atoms with E-state index in [2.05, 4.69) is 25.0 Å². The predicted molar refractivity (Wildman–Crippen MR) is 82.0 cm³/mol. The molecule has 0 spiro atoms. The molecular formula is C11H5Cl4N5O. The molecule has 2 heterocycles. The molecule has 0 saturated heterocycles. The summed E-state index contributed by atoms with van der Waals surface area (Å²) >= 11 is 22.3. The Hall–Kier alpha value is -1.65. The highest BCUT2D eigenvalue weighted by atomic mass is 35.5. The first kappa shape index (κ1) is 17.4. The molecular weight excluding hydrogens is 360 g/mol. The molecule has 0 aliphatic carbocycles. The van der Waals surface area contributed by atoms with Gasteiger partial charge < -0.3 is 5.21 Å². The molecule has 0 aliphatic heterocycles. The maximum Gasteiger partial charge on any atom is 0.241 e. The van der Waals surface area contributed by atoms with Crippen molar-refractivity contribution in [2.24, 2.45) is 5.16 Å². The van der Waals surface area contributed by atoms with Gasteiger partial charge in [-0.2, -0.15) is 0 Å². The Labute approximate surface area is 139 Å². The summed E-state index contributed by atoms with van der Waals surface area (Å²) in [5, 5.41) is 11.7. The van der Waals surface area contributed by atoms with Gasteiger partial charge in [0, 0.05) is 6.20 Å². The molecule has 0 bridgehead atoms. The minimum absolute atomic E-state index is 0.155. The van der Waals surface area contributed by atoms with Crippen molar-refractivity contribution in [2.45, 2.75) is 0 Å². The Bertz CT molecular complexity index is 661. The number of hydrogen-bond donors (Lipinski definition) is 1. The Balaban J connectivity index is 0.000000211. The molecule has 21 heavy (non-hydrogen) atoms. The number of hydrogen-bond acceptors (Lipinski definition) is 5.